The lowest BCUT2D eigenvalue weighted by molar-refractivity contribution is 0.178. The van der Waals surface area contributed by atoms with Crippen molar-refractivity contribution in [2.24, 2.45) is 0 Å². The molecule has 120 valence electrons. The normalized spacial score (nSPS) is 12.9. The van der Waals surface area contributed by atoms with Crippen LogP contribution in [0.1, 0.15) is 17.4 Å². The lowest BCUT2D eigenvalue weighted by Gasteiger charge is -2.27. The van der Waals surface area contributed by atoms with Crippen LogP contribution in [0.25, 0.3) is 0 Å². The maximum Gasteiger partial charge on any atom is 0.200 e. The SMILES string of the molecule is CN(CCO)C(c1ccco1)c1c(F)c(F)c(F)c(F)c1F. The number of likely N-dealkylation sites (N-methyl/N-ethyl adjacent to an activating group) is 1. The van der Waals surface area contributed by atoms with Crippen molar-refractivity contribution in [2.45, 2.75) is 6.04 Å². The highest BCUT2D eigenvalue weighted by Crippen LogP contribution is 2.34. The second kappa shape index (κ2) is 6.45. The number of nitrogens with zero attached hydrogens (tertiary/aromatic N) is 1. The zero-order valence-electron chi connectivity index (χ0n) is 11.4. The van der Waals surface area contributed by atoms with Gasteiger partial charge in [0, 0.05) is 6.54 Å². The number of halogens is 5. The maximum absolute atomic E-state index is 14.0. The highest BCUT2D eigenvalue weighted by Gasteiger charge is 2.34. The van der Waals surface area contributed by atoms with Crippen LogP contribution >= 0.6 is 0 Å². The Morgan fingerprint density at radius 1 is 1.05 bits per heavy atom. The molecule has 2 rings (SSSR count). The molecule has 0 bridgehead atoms. The van der Waals surface area contributed by atoms with E-state index < -0.39 is 40.7 Å². The Labute approximate surface area is 122 Å². The number of hydrogen-bond donors (Lipinski definition) is 1. The van der Waals surface area contributed by atoms with Gasteiger partial charge in [0.1, 0.15) is 5.76 Å². The summed E-state index contributed by atoms with van der Waals surface area (Å²) in [5.41, 5.74) is -1.03. The lowest BCUT2D eigenvalue weighted by Crippen LogP contribution is -2.30. The van der Waals surface area contributed by atoms with Crippen molar-refractivity contribution in [1.82, 2.24) is 4.90 Å². The molecule has 0 fully saturated rings. The van der Waals surface area contributed by atoms with E-state index in [0.717, 1.165) is 0 Å². The third-order valence-corrected chi connectivity index (χ3v) is 3.22. The smallest absolute Gasteiger partial charge is 0.200 e. The summed E-state index contributed by atoms with van der Waals surface area (Å²) in [7, 11) is 1.36. The van der Waals surface area contributed by atoms with Crippen molar-refractivity contribution in [2.75, 3.05) is 20.2 Å². The molecule has 1 aromatic heterocycles. The molecule has 0 radical (unpaired) electrons. The van der Waals surface area contributed by atoms with Gasteiger partial charge in [-0.1, -0.05) is 0 Å². The minimum Gasteiger partial charge on any atom is -0.467 e. The van der Waals surface area contributed by atoms with Crippen LogP contribution in [-0.2, 0) is 0 Å². The maximum atomic E-state index is 14.0. The molecule has 0 saturated heterocycles. The van der Waals surface area contributed by atoms with Crippen LogP contribution in [0, 0.1) is 29.1 Å². The minimum atomic E-state index is -2.22. The molecule has 1 heterocycles. The van der Waals surface area contributed by atoms with Crippen molar-refractivity contribution >= 4 is 0 Å². The first kappa shape index (κ1) is 16.4. The topological polar surface area (TPSA) is 36.6 Å². The van der Waals surface area contributed by atoms with E-state index in [4.69, 9.17) is 9.52 Å². The number of rotatable bonds is 5. The summed E-state index contributed by atoms with van der Waals surface area (Å²) in [5, 5.41) is 8.95. The monoisotopic (exact) mass is 321 g/mol. The number of furan rings is 1. The fourth-order valence-electron chi connectivity index (χ4n) is 2.18. The first-order valence-corrected chi connectivity index (χ1v) is 6.26. The van der Waals surface area contributed by atoms with Crippen LogP contribution in [0.3, 0.4) is 0 Å². The van der Waals surface area contributed by atoms with Gasteiger partial charge in [0.15, 0.2) is 23.3 Å². The average molecular weight is 321 g/mol. The van der Waals surface area contributed by atoms with E-state index in [0.29, 0.717) is 0 Å². The van der Waals surface area contributed by atoms with E-state index in [1.807, 2.05) is 0 Å². The van der Waals surface area contributed by atoms with Crippen LogP contribution in [0.5, 0.6) is 0 Å². The van der Waals surface area contributed by atoms with Crippen LogP contribution in [0.4, 0.5) is 22.0 Å². The fourth-order valence-corrected chi connectivity index (χ4v) is 2.18. The first-order chi connectivity index (χ1) is 10.4. The summed E-state index contributed by atoms with van der Waals surface area (Å²) in [5.74, 6) is -10.1. The van der Waals surface area contributed by atoms with Crippen molar-refractivity contribution in [1.29, 1.82) is 0 Å². The van der Waals surface area contributed by atoms with Crippen LogP contribution in [-0.4, -0.2) is 30.2 Å². The van der Waals surface area contributed by atoms with E-state index in [2.05, 4.69) is 0 Å². The second-order valence-electron chi connectivity index (χ2n) is 4.61. The minimum absolute atomic E-state index is 0.0147. The van der Waals surface area contributed by atoms with E-state index in [1.54, 1.807) is 0 Å². The van der Waals surface area contributed by atoms with E-state index in [-0.39, 0.29) is 18.9 Å². The molecular formula is C14H12F5NO2. The Bertz CT molecular complexity index is 631. The van der Waals surface area contributed by atoms with Crippen LogP contribution in [0.15, 0.2) is 22.8 Å². The largest absolute Gasteiger partial charge is 0.467 e. The molecule has 22 heavy (non-hydrogen) atoms. The van der Waals surface area contributed by atoms with Gasteiger partial charge in [0.2, 0.25) is 5.82 Å². The summed E-state index contributed by atoms with van der Waals surface area (Å²) in [6.45, 7) is -0.437. The Hall–Kier alpha value is -1.93. The standard InChI is InChI=1S/C14H12F5NO2/c1-20(4-5-21)14(7-3-2-6-22-7)8-9(15)11(17)13(19)12(18)10(8)16/h2-3,6,14,21H,4-5H2,1H3. The molecule has 0 spiro atoms. The zero-order valence-corrected chi connectivity index (χ0v) is 11.4. The number of benzene rings is 1. The van der Waals surface area contributed by atoms with E-state index >= 15 is 0 Å². The van der Waals surface area contributed by atoms with Gasteiger partial charge in [-0.15, -0.1) is 0 Å². The molecule has 0 amide bonds. The molecule has 2 aromatic rings. The Kier molecular flexibility index (Phi) is 4.82. The van der Waals surface area contributed by atoms with E-state index in [1.165, 1.54) is 30.3 Å². The quantitative estimate of drug-likeness (QED) is 0.522. The molecule has 1 aromatic carbocycles. The summed E-state index contributed by atoms with van der Waals surface area (Å²) in [6.07, 6.45) is 1.21. The predicted molar refractivity (Wildman–Crippen MR) is 66.5 cm³/mol. The van der Waals surface area contributed by atoms with Gasteiger partial charge < -0.3 is 9.52 Å². The number of aliphatic hydroxyl groups excluding tert-OH is 1. The highest BCUT2D eigenvalue weighted by molar-refractivity contribution is 5.32. The van der Waals surface area contributed by atoms with Gasteiger partial charge in [-0.25, -0.2) is 22.0 Å². The third kappa shape index (κ3) is 2.71. The van der Waals surface area contributed by atoms with Gasteiger partial charge in [-0.05, 0) is 19.2 Å². The molecule has 3 nitrogen and oxygen atoms in total. The molecule has 1 unspecified atom stereocenters. The molecule has 0 aliphatic heterocycles. The zero-order chi connectivity index (χ0) is 16.4. The lowest BCUT2D eigenvalue weighted by atomic mass is 10.0. The van der Waals surface area contributed by atoms with Crippen molar-refractivity contribution in [3.8, 4) is 0 Å². The van der Waals surface area contributed by atoms with Crippen molar-refractivity contribution < 1.29 is 31.5 Å². The number of aliphatic hydroxyl groups is 1. The fraction of sp³-hybridized carbons (Fsp3) is 0.286. The summed E-state index contributed by atoms with van der Waals surface area (Å²) >= 11 is 0. The summed E-state index contributed by atoms with van der Waals surface area (Å²) < 4.78 is 73.0. The predicted octanol–water partition coefficient (Wildman–Crippen LogP) is 2.99. The molecule has 8 heteroatoms. The molecule has 0 saturated carbocycles. The molecule has 0 aliphatic rings. The molecule has 0 aliphatic carbocycles. The summed E-state index contributed by atoms with van der Waals surface area (Å²) in [4.78, 5) is 1.22. The van der Waals surface area contributed by atoms with Crippen molar-refractivity contribution in [3.05, 3.63) is 58.8 Å². The van der Waals surface area contributed by atoms with Gasteiger partial charge in [0.25, 0.3) is 0 Å². The average Bonchev–Trinajstić information content (AvgIpc) is 3.01. The Morgan fingerprint density at radius 3 is 2.05 bits per heavy atom. The Morgan fingerprint density at radius 2 is 1.59 bits per heavy atom. The third-order valence-electron chi connectivity index (χ3n) is 3.22. The van der Waals surface area contributed by atoms with Gasteiger partial charge in [0.05, 0.1) is 24.5 Å². The first-order valence-electron chi connectivity index (χ1n) is 6.26. The van der Waals surface area contributed by atoms with Crippen LogP contribution < -0.4 is 0 Å². The van der Waals surface area contributed by atoms with Gasteiger partial charge in [-0.3, -0.25) is 4.90 Å². The Balaban J connectivity index is 2.68. The van der Waals surface area contributed by atoms with Gasteiger partial charge in [-0.2, -0.15) is 0 Å². The highest BCUT2D eigenvalue weighted by atomic mass is 19.2. The van der Waals surface area contributed by atoms with Gasteiger partial charge >= 0.3 is 0 Å². The second-order valence-corrected chi connectivity index (χ2v) is 4.61. The molecule has 1 N–H and O–H groups in total. The summed E-state index contributed by atoms with van der Waals surface area (Å²) in [6, 6.07) is 1.39. The van der Waals surface area contributed by atoms with Crippen LogP contribution in [0.2, 0.25) is 0 Å². The number of hydrogen-bond acceptors (Lipinski definition) is 3. The molecule has 1 atom stereocenters. The van der Waals surface area contributed by atoms with Crippen molar-refractivity contribution in [3.63, 3.8) is 0 Å². The molecular weight excluding hydrogens is 309 g/mol. The van der Waals surface area contributed by atoms with E-state index in [9.17, 15) is 22.0 Å².